The summed E-state index contributed by atoms with van der Waals surface area (Å²) in [6.45, 7) is 13.8. The van der Waals surface area contributed by atoms with Crippen LogP contribution in [0.15, 0.2) is 18.2 Å². The lowest BCUT2D eigenvalue weighted by Crippen LogP contribution is -2.46. The van der Waals surface area contributed by atoms with Crippen LogP contribution in [-0.4, -0.2) is 17.4 Å². The first kappa shape index (κ1) is 18.2. The maximum absolute atomic E-state index is 12.2. The van der Waals surface area contributed by atoms with Crippen LogP contribution in [-0.2, 0) is 9.59 Å². The largest absolute Gasteiger partial charge is 0.343 e. The minimum absolute atomic E-state index is 0.264. The summed E-state index contributed by atoms with van der Waals surface area (Å²) in [6, 6.07) is 5.98. The molecule has 0 aliphatic heterocycles. The second-order valence-electron chi connectivity index (χ2n) is 7.28. The summed E-state index contributed by atoms with van der Waals surface area (Å²) in [5, 5.41) is 5.50. The normalized spacial score (nSPS) is 11.7. The Balaban J connectivity index is 3.10. The van der Waals surface area contributed by atoms with Crippen LogP contribution in [0.25, 0.3) is 0 Å². The Bertz CT molecular complexity index is 528. The highest BCUT2D eigenvalue weighted by atomic mass is 16.2. The molecule has 1 aromatic carbocycles. The highest BCUT2D eigenvalue weighted by molar-refractivity contribution is 6.40. The second kappa shape index (κ2) is 6.95. The van der Waals surface area contributed by atoms with E-state index in [1.807, 2.05) is 39.0 Å². The molecule has 0 radical (unpaired) electrons. The first-order valence-electron chi connectivity index (χ1n) is 7.79. The average Bonchev–Trinajstić information content (AvgIpc) is 2.36. The number of nitrogens with one attached hydrogen (secondary N) is 2. The van der Waals surface area contributed by atoms with Crippen LogP contribution in [0.2, 0.25) is 0 Å². The van der Waals surface area contributed by atoms with E-state index in [9.17, 15) is 9.59 Å². The first-order chi connectivity index (χ1) is 10.0. The lowest BCUT2D eigenvalue weighted by Gasteiger charge is -2.22. The van der Waals surface area contributed by atoms with Crippen molar-refractivity contribution >= 4 is 17.5 Å². The Morgan fingerprint density at radius 2 is 1.36 bits per heavy atom. The second-order valence-corrected chi connectivity index (χ2v) is 7.28. The molecule has 4 nitrogen and oxygen atoms in total. The van der Waals surface area contributed by atoms with Crippen molar-refractivity contribution in [3.05, 3.63) is 29.3 Å². The fourth-order valence-electron chi connectivity index (χ4n) is 2.26. The van der Waals surface area contributed by atoms with E-state index >= 15 is 0 Å². The number of rotatable bonds is 3. The molecule has 122 valence electrons. The molecular formula is C18H28N2O2. The van der Waals surface area contributed by atoms with E-state index in [2.05, 4.69) is 38.3 Å². The van der Waals surface area contributed by atoms with Gasteiger partial charge < -0.3 is 10.6 Å². The summed E-state index contributed by atoms with van der Waals surface area (Å²) in [5.74, 6) is -0.704. The van der Waals surface area contributed by atoms with E-state index in [4.69, 9.17) is 0 Å². The van der Waals surface area contributed by atoms with Crippen LogP contribution < -0.4 is 10.6 Å². The van der Waals surface area contributed by atoms with Gasteiger partial charge in [0.25, 0.3) is 0 Å². The monoisotopic (exact) mass is 304 g/mol. The van der Waals surface area contributed by atoms with Gasteiger partial charge in [-0.2, -0.15) is 0 Å². The van der Waals surface area contributed by atoms with Crippen molar-refractivity contribution in [3.8, 4) is 0 Å². The van der Waals surface area contributed by atoms with Gasteiger partial charge in [0.2, 0.25) is 0 Å². The zero-order valence-corrected chi connectivity index (χ0v) is 14.7. The predicted octanol–water partition coefficient (Wildman–Crippen LogP) is 3.79. The Hall–Kier alpha value is -1.84. The summed E-state index contributed by atoms with van der Waals surface area (Å²) in [6.07, 6.45) is 0. The quantitative estimate of drug-likeness (QED) is 0.835. The topological polar surface area (TPSA) is 58.2 Å². The van der Waals surface area contributed by atoms with Crippen molar-refractivity contribution in [1.29, 1.82) is 0 Å². The van der Waals surface area contributed by atoms with Gasteiger partial charge in [-0.05, 0) is 43.7 Å². The van der Waals surface area contributed by atoms with Crippen LogP contribution in [0.4, 0.5) is 5.69 Å². The Kier molecular flexibility index (Phi) is 5.75. The van der Waals surface area contributed by atoms with Crippen molar-refractivity contribution < 1.29 is 9.59 Å². The zero-order chi connectivity index (χ0) is 17.1. The molecule has 0 aromatic heterocycles. The van der Waals surface area contributed by atoms with Gasteiger partial charge in [-0.15, -0.1) is 0 Å². The fourth-order valence-corrected chi connectivity index (χ4v) is 2.26. The van der Waals surface area contributed by atoms with Crippen molar-refractivity contribution in [3.63, 3.8) is 0 Å². The molecule has 22 heavy (non-hydrogen) atoms. The number of hydrogen-bond donors (Lipinski definition) is 2. The molecule has 0 aliphatic carbocycles. The number of carbonyl (C=O) groups excluding carboxylic acids is 2. The molecule has 1 aromatic rings. The maximum atomic E-state index is 12.2. The van der Waals surface area contributed by atoms with Gasteiger partial charge in [-0.3, -0.25) is 9.59 Å². The van der Waals surface area contributed by atoms with Crippen molar-refractivity contribution in [1.82, 2.24) is 5.32 Å². The Morgan fingerprint density at radius 3 is 1.73 bits per heavy atom. The van der Waals surface area contributed by atoms with Gasteiger partial charge >= 0.3 is 11.8 Å². The molecule has 4 heteroatoms. The maximum Gasteiger partial charge on any atom is 0.313 e. The van der Waals surface area contributed by atoms with Crippen LogP contribution >= 0.6 is 0 Å². The van der Waals surface area contributed by atoms with Crippen LogP contribution in [0, 0.1) is 0 Å². The summed E-state index contributed by atoms with van der Waals surface area (Å²) in [5.41, 5.74) is 2.42. The first-order valence-corrected chi connectivity index (χ1v) is 7.79. The molecule has 0 atom stereocenters. The minimum atomic E-state index is -0.620. The van der Waals surface area contributed by atoms with Gasteiger partial charge in [0.15, 0.2) is 0 Å². The van der Waals surface area contributed by atoms with Gasteiger partial charge in [-0.25, -0.2) is 0 Å². The molecule has 0 saturated heterocycles. The predicted molar refractivity (Wildman–Crippen MR) is 91.1 cm³/mol. The van der Waals surface area contributed by atoms with E-state index < -0.39 is 17.4 Å². The number of para-hydroxylation sites is 1. The molecule has 2 amide bonds. The molecule has 0 bridgehead atoms. The van der Waals surface area contributed by atoms with E-state index in [0.29, 0.717) is 0 Å². The lowest BCUT2D eigenvalue weighted by atomic mass is 9.92. The molecule has 2 N–H and O–H groups in total. The highest BCUT2D eigenvalue weighted by Gasteiger charge is 2.23. The van der Waals surface area contributed by atoms with Gasteiger partial charge in [-0.1, -0.05) is 45.9 Å². The van der Waals surface area contributed by atoms with E-state index in [0.717, 1.165) is 16.8 Å². The molecule has 0 heterocycles. The Labute approximate surface area is 133 Å². The minimum Gasteiger partial charge on any atom is -0.343 e. The van der Waals surface area contributed by atoms with E-state index in [1.165, 1.54) is 0 Å². The van der Waals surface area contributed by atoms with Crippen molar-refractivity contribution in [2.75, 3.05) is 5.32 Å². The standard InChI is InChI=1S/C18H28N2O2/c1-11(2)13-9-8-10-14(12(3)4)15(13)19-16(21)17(22)20-18(5,6)7/h8-12H,1-7H3,(H,19,21)(H,20,22). The average molecular weight is 304 g/mol. The van der Waals surface area contributed by atoms with Crippen LogP contribution in [0.5, 0.6) is 0 Å². The van der Waals surface area contributed by atoms with E-state index in [1.54, 1.807) is 0 Å². The SMILES string of the molecule is CC(C)c1cccc(C(C)C)c1NC(=O)C(=O)NC(C)(C)C. The molecule has 1 rings (SSSR count). The highest BCUT2D eigenvalue weighted by Crippen LogP contribution is 2.32. The third kappa shape index (κ3) is 4.86. The van der Waals surface area contributed by atoms with E-state index in [-0.39, 0.29) is 11.8 Å². The lowest BCUT2D eigenvalue weighted by molar-refractivity contribution is -0.137. The number of anilines is 1. The van der Waals surface area contributed by atoms with Crippen molar-refractivity contribution in [2.45, 2.75) is 65.8 Å². The van der Waals surface area contributed by atoms with Gasteiger partial charge in [0.05, 0.1) is 0 Å². The van der Waals surface area contributed by atoms with Crippen LogP contribution in [0.3, 0.4) is 0 Å². The number of amides is 2. The zero-order valence-electron chi connectivity index (χ0n) is 14.7. The third-order valence-electron chi connectivity index (χ3n) is 3.31. The molecule has 0 aliphatic rings. The summed E-state index contributed by atoms with van der Waals surface area (Å²) >= 11 is 0. The van der Waals surface area contributed by atoms with Crippen LogP contribution in [0.1, 0.15) is 71.4 Å². The Morgan fingerprint density at radius 1 is 0.909 bits per heavy atom. The summed E-state index contributed by atoms with van der Waals surface area (Å²) in [4.78, 5) is 24.2. The summed E-state index contributed by atoms with van der Waals surface area (Å²) < 4.78 is 0. The van der Waals surface area contributed by atoms with Crippen molar-refractivity contribution in [2.24, 2.45) is 0 Å². The smallest absolute Gasteiger partial charge is 0.313 e. The number of hydrogen-bond acceptors (Lipinski definition) is 2. The third-order valence-corrected chi connectivity index (χ3v) is 3.31. The fraction of sp³-hybridized carbons (Fsp3) is 0.556. The van der Waals surface area contributed by atoms with Gasteiger partial charge in [0.1, 0.15) is 0 Å². The molecule has 0 spiro atoms. The number of carbonyl (C=O) groups is 2. The molecule has 0 unspecified atom stereocenters. The molecule has 0 saturated carbocycles. The molecular weight excluding hydrogens is 276 g/mol. The molecule has 0 fully saturated rings. The van der Waals surface area contributed by atoms with Gasteiger partial charge in [0, 0.05) is 11.2 Å². The number of benzene rings is 1. The summed E-state index contributed by atoms with van der Waals surface area (Å²) in [7, 11) is 0.